The van der Waals surface area contributed by atoms with Gasteiger partial charge in [-0.2, -0.15) is 0 Å². The lowest BCUT2D eigenvalue weighted by atomic mass is 9.82. The summed E-state index contributed by atoms with van der Waals surface area (Å²) in [4.78, 5) is 2.55. The van der Waals surface area contributed by atoms with E-state index in [1.165, 1.54) is 92.9 Å². The van der Waals surface area contributed by atoms with Gasteiger partial charge in [0.1, 0.15) is 0 Å². The molecule has 2 heteroatoms. The molecule has 0 radical (unpaired) electrons. The number of benzene rings is 7. The first-order valence-electron chi connectivity index (χ1n) is 17.6. The second-order valence-corrected chi connectivity index (χ2v) is 16.0. The van der Waals surface area contributed by atoms with Crippen molar-refractivity contribution in [2.75, 3.05) is 4.90 Å². The summed E-state index contributed by atoms with van der Waals surface area (Å²) in [6.07, 6.45) is 0. The minimum absolute atomic E-state index is 0. The molecule has 1 nitrogen and oxygen atoms in total. The van der Waals surface area contributed by atoms with Crippen LogP contribution in [0.2, 0.25) is 0 Å². The van der Waals surface area contributed by atoms with Crippen LogP contribution in [0.15, 0.2) is 152 Å². The van der Waals surface area contributed by atoms with Crippen molar-refractivity contribution in [1.82, 2.24) is 0 Å². The average molecular weight is 676 g/mol. The number of hydrogen-bond donors (Lipinski definition) is 0. The average Bonchev–Trinajstić information content (AvgIpc) is 3.72. The van der Waals surface area contributed by atoms with Crippen molar-refractivity contribution in [1.29, 1.82) is 0 Å². The normalized spacial score (nSPS) is 14.4. The maximum absolute atomic E-state index is 2.55. The molecule has 0 atom stereocenters. The summed E-state index contributed by atoms with van der Waals surface area (Å²) in [7, 11) is 0. The van der Waals surface area contributed by atoms with E-state index in [2.05, 4.69) is 184 Å². The van der Waals surface area contributed by atoms with E-state index in [-0.39, 0.29) is 18.3 Å². The third-order valence-electron chi connectivity index (χ3n) is 11.5. The van der Waals surface area contributed by atoms with Gasteiger partial charge in [-0.3, -0.25) is 0 Å². The highest BCUT2D eigenvalue weighted by Gasteiger charge is 2.39. The predicted molar refractivity (Wildman–Crippen MR) is 221 cm³/mol. The van der Waals surface area contributed by atoms with E-state index in [1.807, 2.05) is 11.3 Å². The second-order valence-electron chi connectivity index (χ2n) is 14.9. The van der Waals surface area contributed by atoms with E-state index in [1.54, 1.807) is 0 Å². The minimum Gasteiger partial charge on any atom is -0.309 e. The van der Waals surface area contributed by atoms with Crippen molar-refractivity contribution < 1.29 is 0 Å². The lowest BCUT2D eigenvalue weighted by molar-refractivity contribution is 0.660. The topological polar surface area (TPSA) is 3.24 Å². The zero-order valence-corrected chi connectivity index (χ0v) is 29.6. The van der Waals surface area contributed by atoms with Gasteiger partial charge in [0.05, 0.1) is 11.4 Å². The van der Waals surface area contributed by atoms with Gasteiger partial charge in [-0.15, -0.1) is 11.3 Å². The van der Waals surface area contributed by atoms with Gasteiger partial charge in [0.15, 0.2) is 0 Å². The van der Waals surface area contributed by atoms with E-state index >= 15 is 0 Å². The van der Waals surface area contributed by atoms with Crippen LogP contribution in [-0.2, 0) is 10.8 Å². The van der Waals surface area contributed by atoms with E-state index in [0.29, 0.717) is 0 Å². The SMILES string of the molecule is C.CC1(C)c2ccccc2-c2cc(N(c3ccccc3-c3cccc4c3sc3ccccc34)c3cccc4c3-c3ccccc3C4(C)C)ccc21. The van der Waals surface area contributed by atoms with Crippen molar-refractivity contribution in [2.24, 2.45) is 0 Å². The van der Waals surface area contributed by atoms with Gasteiger partial charge in [-0.25, -0.2) is 0 Å². The van der Waals surface area contributed by atoms with Crippen LogP contribution in [-0.4, -0.2) is 0 Å². The number of rotatable bonds is 4. The standard InChI is InChI=1S/C48H37NS.CH4/c1-47(2)38-21-9-5-15-31(38)37-29-30(27-28-40(37)47)49(43-25-14-23-41-45(43)36-18-6-10-22-39(36)48(41,3)4)42-24-11-7-16-32(42)34-19-13-20-35-33-17-8-12-26-44(33)50-46(34)35;/h5-29H,1-4H3;1H4. The van der Waals surface area contributed by atoms with E-state index < -0.39 is 0 Å². The highest BCUT2D eigenvalue weighted by atomic mass is 32.1. The van der Waals surface area contributed by atoms with Crippen molar-refractivity contribution >= 4 is 48.6 Å². The Balaban J connectivity index is 0.00000348. The molecule has 0 fully saturated rings. The van der Waals surface area contributed by atoms with Crippen molar-refractivity contribution in [2.45, 2.75) is 46.0 Å². The molecule has 248 valence electrons. The molecule has 0 spiro atoms. The van der Waals surface area contributed by atoms with Crippen LogP contribution in [0.25, 0.3) is 53.6 Å². The maximum atomic E-state index is 2.55. The first-order valence-corrected chi connectivity index (χ1v) is 18.4. The molecule has 1 aromatic heterocycles. The van der Waals surface area contributed by atoms with Crippen molar-refractivity contribution in [3.63, 3.8) is 0 Å². The Bertz CT molecular complexity index is 2670. The minimum atomic E-state index is -0.101. The third-order valence-corrected chi connectivity index (χ3v) is 12.7. The summed E-state index contributed by atoms with van der Waals surface area (Å²) in [6, 6.07) is 56.7. The number of anilines is 3. The van der Waals surface area contributed by atoms with Crippen LogP contribution in [0, 0.1) is 0 Å². The molecule has 2 aliphatic rings. The van der Waals surface area contributed by atoms with Crippen LogP contribution >= 0.6 is 11.3 Å². The van der Waals surface area contributed by atoms with Crippen LogP contribution in [0.4, 0.5) is 17.1 Å². The number of fused-ring (bicyclic) bond motifs is 9. The molecule has 10 rings (SSSR count). The Hall–Kier alpha value is -5.44. The van der Waals surface area contributed by atoms with Crippen LogP contribution in [0.1, 0.15) is 57.4 Å². The Morgan fingerprint density at radius 2 is 0.980 bits per heavy atom. The fourth-order valence-electron chi connectivity index (χ4n) is 9.03. The molecule has 1 heterocycles. The third kappa shape index (κ3) is 4.39. The molecule has 0 saturated heterocycles. The fraction of sp³-hybridized carbons (Fsp3) is 0.143. The van der Waals surface area contributed by atoms with E-state index in [9.17, 15) is 0 Å². The van der Waals surface area contributed by atoms with Gasteiger partial charge in [-0.05, 0) is 69.3 Å². The van der Waals surface area contributed by atoms with Gasteiger partial charge in [0.2, 0.25) is 0 Å². The lowest BCUT2D eigenvalue weighted by Gasteiger charge is -2.31. The zero-order valence-electron chi connectivity index (χ0n) is 28.8. The summed E-state index contributed by atoms with van der Waals surface area (Å²) < 4.78 is 2.65. The van der Waals surface area contributed by atoms with E-state index in [0.717, 1.165) is 0 Å². The van der Waals surface area contributed by atoms with Crippen LogP contribution in [0.3, 0.4) is 0 Å². The number of nitrogens with zero attached hydrogens (tertiary/aromatic N) is 1. The molecule has 7 aromatic carbocycles. The zero-order chi connectivity index (χ0) is 33.8. The van der Waals surface area contributed by atoms with Crippen LogP contribution in [0.5, 0.6) is 0 Å². The van der Waals surface area contributed by atoms with E-state index in [4.69, 9.17) is 0 Å². The summed E-state index contributed by atoms with van der Waals surface area (Å²) in [5.74, 6) is 0. The predicted octanol–water partition coefficient (Wildman–Crippen LogP) is 14.4. The quantitative estimate of drug-likeness (QED) is 0.179. The molecule has 51 heavy (non-hydrogen) atoms. The van der Waals surface area contributed by atoms with Gasteiger partial charge >= 0.3 is 0 Å². The summed E-state index contributed by atoms with van der Waals surface area (Å²) in [5, 5.41) is 2.64. The first kappa shape index (κ1) is 31.5. The molecule has 2 aliphatic carbocycles. The molecule has 8 aromatic rings. The molecule has 0 saturated carbocycles. The molecule has 0 aliphatic heterocycles. The fourth-order valence-corrected chi connectivity index (χ4v) is 10.3. The number of hydrogen-bond acceptors (Lipinski definition) is 2. The highest BCUT2D eigenvalue weighted by Crippen LogP contribution is 2.56. The molecule has 0 unspecified atom stereocenters. The second kappa shape index (κ2) is 11.3. The van der Waals surface area contributed by atoms with Gasteiger partial charge < -0.3 is 4.90 Å². The molecule has 0 bridgehead atoms. The molecule has 0 N–H and O–H groups in total. The highest BCUT2D eigenvalue weighted by molar-refractivity contribution is 7.26. The molecular formula is C49H41NS. The Labute approximate surface area is 305 Å². The van der Waals surface area contributed by atoms with Crippen molar-refractivity contribution in [3.8, 4) is 33.4 Å². The van der Waals surface area contributed by atoms with Gasteiger partial charge in [0, 0.05) is 53.4 Å². The monoisotopic (exact) mass is 675 g/mol. The maximum Gasteiger partial charge on any atom is 0.0543 e. The Kier molecular flexibility index (Phi) is 6.98. The Morgan fingerprint density at radius 3 is 1.80 bits per heavy atom. The van der Waals surface area contributed by atoms with Crippen LogP contribution < -0.4 is 4.90 Å². The Morgan fingerprint density at radius 1 is 0.431 bits per heavy atom. The molecular weight excluding hydrogens is 635 g/mol. The first-order chi connectivity index (χ1) is 24.3. The molecule has 0 amide bonds. The number of thiophene rings is 1. The van der Waals surface area contributed by atoms with Gasteiger partial charge in [0.25, 0.3) is 0 Å². The smallest absolute Gasteiger partial charge is 0.0543 e. The van der Waals surface area contributed by atoms with Gasteiger partial charge in [-0.1, -0.05) is 156 Å². The summed E-state index contributed by atoms with van der Waals surface area (Å²) in [6.45, 7) is 9.46. The largest absolute Gasteiger partial charge is 0.309 e. The number of para-hydroxylation sites is 1. The summed E-state index contributed by atoms with van der Waals surface area (Å²) >= 11 is 1.90. The lowest BCUT2D eigenvalue weighted by Crippen LogP contribution is -2.17. The summed E-state index contributed by atoms with van der Waals surface area (Å²) in [5.41, 5.74) is 16.7. The van der Waals surface area contributed by atoms with Crippen molar-refractivity contribution in [3.05, 3.63) is 174 Å².